The molecule has 0 heterocycles. The summed E-state index contributed by atoms with van der Waals surface area (Å²) in [6.07, 6.45) is -1.02. The SMILES string of the molecule is Cc1ccc(C(C(=O)NC(Cc2ccccc2)C(=O)OC(C)(C)C)N(C(=O)C(CCC(N)=O)NC(=O)OC(C)(C)C)C(C)C)c(C)c1. The van der Waals surface area contributed by atoms with E-state index in [1.165, 1.54) is 4.90 Å². The van der Waals surface area contributed by atoms with E-state index in [1.54, 1.807) is 61.5 Å². The zero-order valence-electron chi connectivity index (χ0n) is 29.4. The van der Waals surface area contributed by atoms with Crippen molar-refractivity contribution in [2.75, 3.05) is 0 Å². The number of primary amides is 1. The van der Waals surface area contributed by atoms with E-state index in [9.17, 15) is 24.0 Å². The molecule has 3 atom stereocenters. The number of alkyl carbamates (subject to hydrolysis) is 1. The van der Waals surface area contributed by atoms with Crippen molar-refractivity contribution in [1.82, 2.24) is 15.5 Å². The number of aryl methyl sites for hydroxylation is 2. The summed E-state index contributed by atoms with van der Waals surface area (Å²) >= 11 is 0. The van der Waals surface area contributed by atoms with Gasteiger partial charge in [-0.1, -0.05) is 54.1 Å². The van der Waals surface area contributed by atoms with Crippen LogP contribution in [0.2, 0.25) is 0 Å². The number of rotatable bonds is 13. The van der Waals surface area contributed by atoms with E-state index in [0.717, 1.165) is 16.7 Å². The fraction of sp³-hybridized carbons (Fsp3) is 0.528. The van der Waals surface area contributed by atoms with Gasteiger partial charge in [-0.05, 0) is 92.3 Å². The number of hydrogen-bond acceptors (Lipinski definition) is 7. The number of benzene rings is 2. The molecular formula is C36H52N4O7. The van der Waals surface area contributed by atoms with Crippen molar-refractivity contribution in [3.05, 3.63) is 70.8 Å². The van der Waals surface area contributed by atoms with Crippen LogP contribution in [0.1, 0.15) is 96.5 Å². The smallest absolute Gasteiger partial charge is 0.408 e. The number of amides is 4. The Balaban J connectivity index is 2.65. The molecule has 0 aromatic heterocycles. The molecule has 2 aromatic carbocycles. The Morgan fingerprint density at radius 1 is 0.830 bits per heavy atom. The van der Waals surface area contributed by atoms with E-state index < -0.39 is 65.2 Å². The molecule has 4 N–H and O–H groups in total. The van der Waals surface area contributed by atoms with Crippen LogP contribution < -0.4 is 16.4 Å². The quantitative estimate of drug-likeness (QED) is 0.262. The number of hydrogen-bond donors (Lipinski definition) is 3. The van der Waals surface area contributed by atoms with Crippen LogP contribution in [0.4, 0.5) is 4.79 Å². The predicted molar refractivity (Wildman–Crippen MR) is 180 cm³/mol. The van der Waals surface area contributed by atoms with Gasteiger partial charge in [0, 0.05) is 18.9 Å². The van der Waals surface area contributed by atoms with E-state index in [2.05, 4.69) is 10.6 Å². The van der Waals surface area contributed by atoms with Gasteiger partial charge in [0.1, 0.15) is 29.3 Å². The molecule has 47 heavy (non-hydrogen) atoms. The molecule has 0 aliphatic carbocycles. The van der Waals surface area contributed by atoms with Gasteiger partial charge >= 0.3 is 12.1 Å². The van der Waals surface area contributed by atoms with Gasteiger partial charge < -0.3 is 30.7 Å². The molecule has 0 bridgehead atoms. The van der Waals surface area contributed by atoms with Gasteiger partial charge in [-0.2, -0.15) is 0 Å². The van der Waals surface area contributed by atoms with E-state index in [4.69, 9.17) is 15.2 Å². The number of carbonyl (C=O) groups excluding carboxylic acids is 5. The molecule has 258 valence electrons. The van der Waals surface area contributed by atoms with E-state index >= 15 is 0 Å². The lowest BCUT2D eigenvalue weighted by Crippen LogP contribution is -2.57. The highest BCUT2D eigenvalue weighted by Gasteiger charge is 2.40. The van der Waals surface area contributed by atoms with Crippen LogP contribution in [0.3, 0.4) is 0 Å². The average molecular weight is 653 g/mol. The summed E-state index contributed by atoms with van der Waals surface area (Å²) in [5, 5.41) is 5.47. The second-order valence-electron chi connectivity index (χ2n) is 14.1. The molecule has 0 aliphatic rings. The molecule has 0 radical (unpaired) electrons. The Bertz CT molecular complexity index is 1410. The maximum absolute atomic E-state index is 14.5. The van der Waals surface area contributed by atoms with Crippen LogP contribution in [0, 0.1) is 13.8 Å². The maximum Gasteiger partial charge on any atom is 0.408 e. The molecule has 4 amide bonds. The molecule has 11 nitrogen and oxygen atoms in total. The predicted octanol–water partition coefficient (Wildman–Crippen LogP) is 4.81. The normalized spacial score (nSPS) is 13.6. The molecule has 0 saturated carbocycles. The zero-order valence-corrected chi connectivity index (χ0v) is 29.4. The van der Waals surface area contributed by atoms with Gasteiger partial charge in [0.2, 0.25) is 17.7 Å². The van der Waals surface area contributed by atoms with Crippen LogP contribution in [-0.4, -0.2) is 64.0 Å². The number of carbonyl (C=O) groups is 5. The maximum atomic E-state index is 14.5. The minimum atomic E-state index is -1.24. The Morgan fingerprint density at radius 3 is 1.94 bits per heavy atom. The first-order valence-electron chi connectivity index (χ1n) is 15.9. The molecule has 3 unspecified atom stereocenters. The Kier molecular flexibility index (Phi) is 13.5. The standard InChI is InChI=1S/C36H52N4O7/c1-22(2)40(32(43)27(18-19-29(37)41)39-34(45)47-36(8,9)10)30(26-17-16-23(3)20-24(26)4)31(42)38-28(33(44)46-35(5,6)7)21-25-14-12-11-13-15-25/h11-17,20,22,27-28,30H,18-19,21H2,1-10H3,(H2,37,41)(H,38,42)(H,39,45). The summed E-state index contributed by atoms with van der Waals surface area (Å²) in [7, 11) is 0. The first-order valence-corrected chi connectivity index (χ1v) is 15.9. The highest BCUT2D eigenvalue weighted by atomic mass is 16.6. The van der Waals surface area contributed by atoms with Gasteiger partial charge in [0.15, 0.2) is 0 Å². The molecule has 2 aromatic rings. The van der Waals surface area contributed by atoms with Crippen molar-refractivity contribution in [2.45, 2.75) is 124 Å². The highest BCUT2D eigenvalue weighted by Crippen LogP contribution is 2.29. The first kappa shape index (κ1) is 38.8. The second kappa shape index (κ2) is 16.4. The summed E-state index contributed by atoms with van der Waals surface area (Å²) < 4.78 is 11.1. The molecule has 11 heteroatoms. The fourth-order valence-electron chi connectivity index (χ4n) is 5.07. The van der Waals surface area contributed by atoms with Crippen molar-refractivity contribution in [3.63, 3.8) is 0 Å². The molecule has 0 spiro atoms. The first-order chi connectivity index (χ1) is 21.7. The Hall–Kier alpha value is -4.41. The Morgan fingerprint density at radius 2 is 1.43 bits per heavy atom. The minimum Gasteiger partial charge on any atom is -0.458 e. The van der Waals surface area contributed by atoms with E-state index in [1.807, 2.05) is 56.3 Å². The highest BCUT2D eigenvalue weighted by molar-refractivity contribution is 5.94. The summed E-state index contributed by atoms with van der Waals surface area (Å²) in [6, 6.07) is 10.6. The minimum absolute atomic E-state index is 0.119. The van der Waals surface area contributed by atoms with Crippen LogP contribution in [0.15, 0.2) is 48.5 Å². The molecule has 0 aliphatic heterocycles. The molecular weight excluding hydrogens is 600 g/mol. The van der Waals surface area contributed by atoms with Crippen molar-refractivity contribution >= 4 is 29.8 Å². The number of nitrogens with one attached hydrogen (secondary N) is 2. The van der Waals surface area contributed by atoms with Crippen molar-refractivity contribution in [3.8, 4) is 0 Å². The van der Waals surface area contributed by atoms with Gasteiger partial charge in [0.05, 0.1) is 0 Å². The lowest BCUT2D eigenvalue weighted by Gasteiger charge is -2.38. The third-order valence-corrected chi connectivity index (χ3v) is 7.02. The Labute approximate surface area is 278 Å². The summed E-state index contributed by atoms with van der Waals surface area (Å²) in [5.41, 5.74) is 6.78. The third kappa shape index (κ3) is 12.7. The van der Waals surface area contributed by atoms with Crippen LogP contribution in [0.5, 0.6) is 0 Å². The van der Waals surface area contributed by atoms with E-state index in [0.29, 0.717) is 5.56 Å². The molecule has 2 rings (SSSR count). The number of esters is 1. The van der Waals surface area contributed by atoms with Crippen molar-refractivity contribution in [1.29, 1.82) is 0 Å². The summed E-state index contributed by atoms with van der Waals surface area (Å²) in [6.45, 7) is 17.5. The van der Waals surface area contributed by atoms with Gasteiger partial charge in [0.25, 0.3) is 0 Å². The van der Waals surface area contributed by atoms with Crippen LogP contribution >= 0.6 is 0 Å². The van der Waals surface area contributed by atoms with Crippen molar-refractivity contribution in [2.24, 2.45) is 5.73 Å². The lowest BCUT2D eigenvalue weighted by atomic mass is 9.94. The summed E-state index contributed by atoms with van der Waals surface area (Å²) in [4.78, 5) is 68.4. The van der Waals surface area contributed by atoms with Gasteiger partial charge in [-0.3, -0.25) is 14.4 Å². The fourth-order valence-corrected chi connectivity index (χ4v) is 5.07. The molecule has 0 fully saturated rings. The van der Waals surface area contributed by atoms with Gasteiger partial charge in [-0.15, -0.1) is 0 Å². The van der Waals surface area contributed by atoms with Crippen LogP contribution in [0.25, 0.3) is 0 Å². The monoisotopic (exact) mass is 652 g/mol. The summed E-state index contributed by atoms with van der Waals surface area (Å²) in [5.74, 6) is -2.52. The number of nitrogens with zero attached hydrogens (tertiary/aromatic N) is 1. The lowest BCUT2D eigenvalue weighted by molar-refractivity contribution is -0.159. The average Bonchev–Trinajstić information content (AvgIpc) is 2.92. The number of ether oxygens (including phenoxy) is 2. The number of nitrogens with two attached hydrogens (primary N) is 1. The third-order valence-electron chi connectivity index (χ3n) is 7.02. The van der Waals surface area contributed by atoms with Crippen LogP contribution in [-0.2, 0) is 35.1 Å². The van der Waals surface area contributed by atoms with Crippen molar-refractivity contribution < 1.29 is 33.4 Å². The molecule has 0 saturated heterocycles. The topological polar surface area (TPSA) is 157 Å². The second-order valence-corrected chi connectivity index (χ2v) is 14.1. The van der Waals surface area contributed by atoms with E-state index in [-0.39, 0.29) is 19.3 Å². The van der Waals surface area contributed by atoms with Gasteiger partial charge in [-0.25, -0.2) is 9.59 Å². The largest absolute Gasteiger partial charge is 0.458 e. The zero-order chi connectivity index (χ0) is 35.7.